The van der Waals surface area contributed by atoms with E-state index in [0.717, 1.165) is 9.26 Å². The molecular weight excluding hydrogens is 401 g/mol. The summed E-state index contributed by atoms with van der Waals surface area (Å²) in [7, 11) is 0. The van der Waals surface area contributed by atoms with Crippen molar-refractivity contribution in [2.75, 3.05) is 5.32 Å². The van der Waals surface area contributed by atoms with Crippen molar-refractivity contribution in [1.82, 2.24) is 0 Å². The van der Waals surface area contributed by atoms with Gasteiger partial charge < -0.3 is 10.1 Å². The van der Waals surface area contributed by atoms with Crippen LogP contribution in [0, 0.1) is 3.57 Å². The van der Waals surface area contributed by atoms with E-state index < -0.39 is 5.60 Å². The molecule has 110 valence electrons. The van der Waals surface area contributed by atoms with Crippen LogP contribution in [0.1, 0.15) is 13.8 Å². The molecule has 0 saturated carbocycles. The highest BCUT2D eigenvalue weighted by atomic mass is 127. The molecule has 1 amide bonds. The molecule has 0 atom stereocenters. The Labute approximate surface area is 142 Å². The van der Waals surface area contributed by atoms with Crippen molar-refractivity contribution in [2.45, 2.75) is 19.4 Å². The van der Waals surface area contributed by atoms with Crippen molar-refractivity contribution in [3.63, 3.8) is 0 Å². The largest absolute Gasteiger partial charge is 0.478 e. The summed E-state index contributed by atoms with van der Waals surface area (Å²) in [6.45, 7) is 3.46. The average molecular weight is 416 g/mol. The van der Waals surface area contributed by atoms with Crippen LogP contribution in [0.4, 0.5) is 5.69 Å². The van der Waals surface area contributed by atoms with Gasteiger partial charge in [-0.3, -0.25) is 4.79 Å². The summed E-state index contributed by atoms with van der Waals surface area (Å²) in [5.41, 5.74) is -0.219. The molecule has 0 aromatic heterocycles. The zero-order valence-electron chi connectivity index (χ0n) is 11.7. The number of halogens is 2. The number of nitrogens with one attached hydrogen (secondary N) is 1. The molecule has 0 spiro atoms. The van der Waals surface area contributed by atoms with Crippen LogP contribution in [-0.2, 0) is 4.79 Å². The van der Waals surface area contributed by atoms with Gasteiger partial charge >= 0.3 is 0 Å². The van der Waals surface area contributed by atoms with E-state index in [-0.39, 0.29) is 5.91 Å². The second kappa shape index (κ2) is 6.66. The molecule has 0 aliphatic heterocycles. The molecule has 0 radical (unpaired) electrons. The van der Waals surface area contributed by atoms with E-state index in [1.54, 1.807) is 38.1 Å². The first-order chi connectivity index (χ1) is 9.88. The van der Waals surface area contributed by atoms with Crippen molar-refractivity contribution in [3.8, 4) is 5.75 Å². The Morgan fingerprint density at radius 2 is 1.76 bits per heavy atom. The third kappa shape index (κ3) is 4.35. The number of amides is 1. The molecule has 0 bridgehead atoms. The van der Waals surface area contributed by atoms with E-state index in [4.69, 9.17) is 16.3 Å². The zero-order valence-corrected chi connectivity index (χ0v) is 14.6. The van der Waals surface area contributed by atoms with Crippen LogP contribution < -0.4 is 10.1 Å². The first-order valence-electron chi connectivity index (χ1n) is 6.39. The summed E-state index contributed by atoms with van der Waals surface area (Å²) in [5.74, 6) is 0.392. The maximum Gasteiger partial charge on any atom is 0.268 e. The number of para-hydroxylation sites is 1. The molecule has 3 nitrogen and oxygen atoms in total. The van der Waals surface area contributed by atoms with Crippen LogP contribution >= 0.6 is 34.2 Å². The maximum absolute atomic E-state index is 12.4. The zero-order chi connectivity index (χ0) is 15.5. The van der Waals surface area contributed by atoms with Gasteiger partial charge in [0.15, 0.2) is 5.60 Å². The Morgan fingerprint density at radius 3 is 2.38 bits per heavy atom. The number of anilines is 1. The quantitative estimate of drug-likeness (QED) is 0.733. The van der Waals surface area contributed by atoms with Crippen LogP contribution in [0.5, 0.6) is 5.75 Å². The van der Waals surface area contributed by atoms with Crippen molar-refractivity contribution in [1.29, 1.82) is 0 Å². The monoisotopic (exact) mass is 415 g/mol. The molecular formula is C16H15ClINO2. The first-order valence-corrected chi connectivity index (χ1v) is 7.85. The number of benzene rings is 2. The molecule has 0 saturated heterocycles. The summed E-state index contributed by atoms with van der Waals surface area (Å²) in [6.07, 6.45) is 0. The van der Waals surface area contributed by atoms with E-state index >= 15 is 0 Å². The highest BCUT2D eigenvalue weighted by Gasteiger charge is 2.30. The minimum Gasteiger partial charge on any atom is -0.478 e. The van der Waals surface area contributed by atoms with Gasteiger partial charge in [0.05, 0.1) is 5.69 Å². The lowest BCUT2D eigenvalue weighted by atomic mass is 10.1. The smallest absolute Gasteiger partial charge is 0.268 e. The molecule has 0 aliphatic carbocycles. The van der Waals surface area contributed by atoms with Crippen molar-refractivity contribution < 1.29 is 9.53 Å². The maximum atomic E-state index is 12.4. The number of rotatable bonds is 4. The van der Waals surface area contributed by atoms with E-state index in [1.165, 1.54) is 0 Å². The standard InChI is InChI=1S/C16H15ClINO2/c1-16(2,21-12-9-7-11(17)8-10-12)15(20)19-14-6-4-3-5-13(14)18/h3-10H,1-2H3,(H,19,20). The number of hydrogen-bond donors (Lipinski definition) is 1. The molecule has 2 aromatic rings. The Hall–Kier alpha value is -1.27. The Morgan fingerprint density at radius 1 is 1.14 bits per heavy atom. The molecule has 2 aromatic carbocycles. The predicted molar refractivity (Wildman–Crippen MR) is 93.9 cm³/mol. The van der Waals surface area contributed by atoms with E-state index in [1.807, 2.05) is 24.3 Å². The first kappa shape index (κ1) is 16.1. The summed E-state index contributed by atoms with van der Waals surface area (Å²) in [4.78, 5) is 12.4. The van der Waals surface area contributed by atoms with Crippen LogP contribution in [0.3, 0.4) is 0 Å². The van der Waals surface area contributed by atoms with Gasteiger partial charge in [-0.2, -0.15) is 0 Å². The van der Waals surface area contributed by atoms with Gasteiger partial charge in [0.2, 0.25) is 0 Å². The van der Waals surface area contributed by atoms with Gasteiger partial charge in [0.25, 0.3) is 5.91 Å². The Bertz CT molecular complexity index is 641. The van der Waals surface area contributed by atoms with Gasteiger partial charge in [0, 0.05) is 8.59 Å². The highest BCUT2D eigenvalue weighted by molar-refractivity contribution is 14.1. The topological polar surface area (TPSA) is 38.3 Å². The third-order valence-electron chi connectivity index (χ3n) is 2.86. The number of carbonyl (C=O) groups excluding carboxylic acids is 1. The van der Waals surface area contributed by atoms with Crippen molar-refractivity contribution >= 4 is 45.8 Å². The summed E-state index contributed by atoms with van der Waals surface area (Å²) in [5, 5.41) is 3.51. The van der Waals surface area contributed by atoms with Crippen LogP contribution in [0.15, 0.2) is 48.5 Å². The molecule has 0 heterocycles. The van der Waals surface area contributed by atoms with E-state index in [2.05, 4.69) is 27.9 Å². The van der Waals surface area contributed by atoms with Crippen LogP contribution in [-0.4, -0.2) is 11.5 Å². The minimum atomic E-state index is -0.993. The molecule has 21 heavy (non-hydrogen) atoms. The third-order valence-corrected chi connectivity index (χ3v) is 4.05. The number of hydrogen-bond acceptors (Lipinski definition) is 2. The number of carbonyl (C=O) groups is 1. The fourth-order valence-corrected chi connectivity index (χ4v) is 2.33. The lowest BCUT2D eigenvalue weighted by Crippen LogP contribution is -2.42. The van der Waals surface area contributed by atoms with Gasteiger partial charge in [-0.25, -0.2) is 0 Å². The average Bonchev–Trinajstić information content (AvgIpc) is 2.43. The Kier molecular flexibility index (Phi) is 5.11. The van der Waals surface area contributed by atoms with Gasteiger partial charge in [-0.05, 0) is 72.8 Å². The molecule has 0 fully saturated rings. The Balaban J connectivity index is 2.10. The fraction of sp³-hybridized carbons (Fsp3) is 0.188. The van der Waals surface area contributed by atoms with E-state index in [9.17, 15) is 4.79 Å². The minimum absolute atomic E-state index is 0.207. The van der Waals surface area contributed by atoms with Gasteiger partial charge in [-0.15, -0.1) is 0 Å². The fourth-order valence-electron chi connectivity index (χ4n) is 1.68. The second-order valence-corrected chi connectivity index (χ2v) is 6.60. The molecule has 0 unspecified atom stereocenters. The predicted octanol–water partition coefficient (Wildman–Crippen LogP) is 4.74. The summed E-state index contributed by atoms with van der Waals surface area (Å²) >= 11 is 8.01. The van der Waals surface area contributed by atoms with Crippen LogP contribution in [0.2, 0.25) is 5.02 Å². The number of ether oxygens (including phenoxy) is 1. The normalized spacial score (nSPS) is 11.0. The summed E-state index contributed by atoms with van der Waals surface area (Å²) < 4.78 is 6.74. The molecule has 5 heteroatoms. The van der Waals surface area contributed by atoms with Crippen LogP contribution in [0.25, 0.3) is 0 Å². The molecule has 2 rings (SSSR count). The molecule has 1 N–H and O–H groups in total. The highest BCUT2D eigenvalue weighted by Crippen LogP contribution is 2.23. The lowest BCUT2D eigenvalue weighted by molar-refractivity contribution is -0.128. The van der Waals surface area contributed by atoms with Gasteiger partial charge in [0.1, 0.15) is 5.75 Å². The SMILES string of the molecule is CC(C)(Oc1ccc(Cl)cc1)C(=O)Nc1ccccc1I. The van der Waals surface area contributed by atoms with Crippen molar-refractivity contribution in [2.24, 2.45) is 0 Å². The lowest BCUT2D eigenvalue weighted by Gasteiger charge is -2.25. The summed E-state index contributed by atoms with van der Waals surface area (Å²) in [6, 6.07) is 14.5. The second-order valence-electron chi connectivity index (χ2n) is 5.00. The van der Waals surface area contributed by atoms with E-state index in [0.29, 0.717) is 10.8 Å². The molecule has 0 aliphatic rings. The van der Waals surface area contributed by atoms with Crippen molar-refractivity contribution in [3.05, 3.63) is 57.1 Å². The van der Waals surface area contributed by atoms with Gasteiger partial charge in [-0.1, -0.05) is 23.7 Å².